The second kappa shape index (κ2) is 6.95. The fourth-order valence-corrected chi connectivity index (χ4v) is 3.50. The third kappa shape index (κ3) is 3.44. The average Bonchev–Trinajstić information content (AvgIpc) is 2.80. The summed E-state index contributed by atoms with van der Waals surface area (Å²) in [6, 6.07) is 6.85. The van der Waals surface area contributed by atoms with Crippen LogP contribution in [0, 0.1) is 10.1 Å². The Morgan fingerprint density at radius 1 is 1.30 bits per heavy atom. The minimum atomic E-state index is -0.474. The van der Waals surface area contributed by atoms with Crippen molar-refractivity contribution in [1.82, 2.24) is 10.2 Å². The topological polar surface area (TPSA) is 84.7 Å². The van der Waals surface area contributed by atoms with Crippen molar-refractivity contribution < 1.29 is 14.5 Å². The summed E-state index contributed by atoms with van der Waals surface area (Å²) in [5.74, 6) is 0.297. The molecule has 1 N–H and O–H groups in total. The van der Waals surface area contributed by atoms with Gasteiger partial charge in [0.1, 0.15) is 0 Å². The molecule has 0 spiro atoms. The molecule has 0 aliphatic carbocycles. The Morgan fingerprint density at radius 3 is 2.91 bits per heavy atom. The molecule has 1 amide bonds. The highest BCUT2D eigenvalue weighted by Crippen LogP contribution is 2.29. The average molecular weight is 319 g/mol. The normalized spacial score (nSPS) is 23.4. The lowest BCUT2D eigenvalue weighted by molar-refractivity contribution is -0.385. The monoisotopic (exact) mass is 319 g/mol. The van der Waals surface area contributed by atoms with E-state index in [9.17, 15) is 14.9 Å². The van der Waals surface area contributed by atoms with Crippen molar-refractivity contribution >= 4 is 11.6 Å². The standard InChI is InChI=1S/C16H21N3O4/c20-16(18-12-5-6-13(18)11-17-9-7-12)8-10-23-15-4-2-1-3-14(15)19(21)22/h1-4,12-13,17H,5-11H2. The highest BCUT2D eigenvalue weighted by atomic mass is 16.6. The molecule has 7 heteroatoms. The predicted octanol–water partition coefficient (Wildman–Crippen LogP) is 1.72. The van der Waals surface area contributed by atoms with Gasteiger partial charge >= 0.3 is 5.69 Å². The summed E-state index contributed by atoms with van der Waals surface area (Å²) in [6.45, 7) is 1.97. The number of nitrogens with zero attached hydrogens (tertiary/aromatic N) is 2. The van der Waals surface area contributed by atoms with E-state index in [0.717, 1.165) is 32.4 Å². The Bertz CT molecular complexity index is 578. The molecular weight excluding hydrogens is 298 g/mol. The fourth-order valence-electron chi connectivity index (χ4n) is 3.50. The smallest absolute Gasteiger partial charge is 0.310 e. The van der Waals surface area contributed by atoms with E-state index >= 15 is 0 Å². The Morgan fingerprint density at radius 2 is 2.09 bits per heavy atom. The van der Waals surface area contributed by atoms with Gasteiger partial charge < -0.3 is 15.0 Å². The Balaban J connectivity index is 1.57. The summed E-state index contributed by atoms with van der Waals surface area (Å²) in [4.78, 5) is 25.0. The molecule has 2 fully saturated rings. The summed E-state index contributed by atoms with van der Waals surface area (Å²) < 4.78 is 5.48. The number of amides is 1. The molecule has 7 nitrogen and oxygen atoms in total. The van der Waals surface area contributed by atoms with Crippen LogP contribution < -0.4 is 10.1 Å². The van der Waals surface area contributed by atoms with Crippen LogP contribution in [0.2, 0.25) is 0 Å². The highest BCUT2D eigenvalue weighted by Gasteiger charge is 2.37. The molecule has 2 atom stereocenters. The summed E-state index contributed by atoms with van der Waals surface area (Å²) in [5.41, 5.74) is -0.0704. The molecule has 2 heterocycles. The third-order valence-electron chi connectivity index (χ3n) is 4.58. The Labute approximate surface area is 134 Å². The minimum Gasteiger partial charge on any atom is -0.486 e. The van der Waals surface area contributed by atoms with Crippen LogP contribution in [0.15, 0.2) is 24.3 Å². The molecular formula is C16H21N3O4. The highest BCUT2D eigenvalue weighted by molar-refractivity contribution is 5.77. The van der Waals surface area contributed by atoms with Crippen LogP contribution in [-0.2, 0) is 4.79 Å². The van der Waals surface area contributed by atoms with E-state index in [-0.39, 0.29) is 36.4 Å². The molecule has 1 aromatic rings. The summed E-state index contributed by atoms with van der Waals surface area (Å²) >= 11 is 0. The lowest BCUT2D eigenvalue weighted by Gasteiger charge is -2.27. The molecule has 0 saturated carbocycles. The number of nitro benzene ring substituents is 1. The maximum Gasteiger partial charge on any atom is 0.310 e. The van der Waals surface area contributed by atoms with Gasteiger partial charge in [0, 0.05) is 24.7 Å². The first-order valence-corrected chi connectivity index (χ1v) is 8.05. The van der Waals surface area contributed by atoms with Gasteiger partial charge in [0.15, 0.2) is 5.75 Å². The number of carbonyl (C=O) groups excluding carboxylic acids is 1. The zero-order chi connectivity index (χ0) is 16.2. The number of nitrogens with one attached hydrogen (secondary N) is 1. The molecule has 124 valence electrons. The van der Waals surface area contributed by atoms with Gasteiger partial charge in [0.2, 0.25) is 5.91 Å². The lowest BCUT2D eigenvalue weighted by Crippen LogP contribution is -2.42. The number of nitro groups is 1. The molecule has 2 bridgehead atoms. The first-order valence-electron chi connectivity index (χ1n) is 8.05. The zero-order valence-corrected chi connectivity index (χ0v) is 12.9. The van der Waals surface area contributed by atoms with Crippen LogP contribution in [0.25, 0.3) is 0 Å². The van der Waals surface area contributed by atoms with Crippen molar-refractivity contribution in [2.45, 2.75) is 37.8 Å². The molecule has 3 rings (SSSR count). The van der Waals surface area contributed by atoms with Crippen molar-refractivity contribution in [3.05, 3.63) is 34.4 Å². The molecule has 0 radical (unpaired) electrons. The molecule has 2 aliphatic heterocycles. The largest absolute Gasteiger partial charge is 0.486 e. The maximum atomic E-state index is 12.5. The van der Waals surface area contributed by atoms with E-state index in [1.807, 2.05) is 4.90 Å². The SMILES string of the molecule is O=C(CCOc1ccccc1[N+](=O)[O-])N1C2CCNCC1CC2. The molecule has 0 aromatic heterocycles. The molecule has 23 heavy (non-hydrogen) atoms. The van der Waals surface area contributed by atoms with Gasteiger partial charge in [0.25, 0.3) is 0 Å². The molecule has 2 saturated heterocycles. The second-order valence-electron chi connectivity index (χ2n) is 6.00. The van der Waals surface area contributed by atoms with Crippen LogP contribution in [-0.4, -0.2) is 47.5 Å². The first kappa shape index (κ1) is 15.7. The second-order valence-corrected chi connectivity index (χ2v) is 6.00. The number of para-hydroxylation sites is 2. The van der Waals surface area contributed by atoms with Gasteiger partial charge in [-0.05, 0) is 31.9 Å². The first-order chi connectivity index (χ1) is 11.2. The quantitative estimate of drug-likeness (QED) is 0.660. The van der Waals surface area contributed by atoms with Crippen molar-refractivity contribution in [3.8, 4) is 5.75 Å². The number of fused-ring (bicyclic) bond motifs is 2. The molecule has 2 unspecified atom stereocenters. The number of carbonyl (C=O) groups is 1. The van der Waals surface area contributed by atoms with Gasteiger partial charge in [0.05, 0.1) is 18.0 Å². The fraction of sp³-hybridized carbons (Fsp3) is 0.562. The summed E-state index contributed by atoms with van der Waals surface area (Å²) in [7, 11) is 0. The van der Waals surface area contributed by atoms with Crippen LogP contribution in [0.3, 0.4) is 0 Å². The molecule has 1 aromatic carbocycles. The van der Waals surface area contributed by atoms with Gasteiger partial charge in [-0.2, -0.15) is 0 Å². The van der Waals surface area contributed by atoms with Crippen molar-refractivity contribution in [3.63, 3.8) is 0 Å². The zero-order valence-electron chi connectivity index (χ0n) is 12.9. The number of ether oxygens (including phenoxy) is 1. The number of benzene rings is 1. The van der Waals surface area contributed by atoms with Gasteiger partial charge in [-0.15, -0.1) is 0 Å². The lowest BCUT2D eigenvalue weighted by atomic mass is 10.1. The molecule has 2 aliphatic rings. The summed E-state index contributed by atoms with van der Waals surface area (Å²) in [6.07, 6.45) is 3.36. The van der Waals surface area contributed by atoms with Crippen molar-refractivity contribution in [2.24, 2.45) is 0 Å². The third-order valence-corrected chi connectivity index (χ3v) is 4.58. The minimum absolute atomic E-state index is 0.0704. The van der Waals surface area contributed by atoms with E-state index in [4.69, 9.17) is 4.74 Å². The maximum absolute atomic E-state index is 12.5. The number of rotatable bonds is 5. The van der Waals surface area contributed by atoms with Gasteiger partial charge in [-0.3, -0.25) is 14.9 Å². The van der Waals surface area contributed by atoms with Gasteiger partial charge in [-0.25, -0.2) is 0 Å². The van der Waals surface area contributed by atoms with E-state index in [1.54, 1.807) is 18.2 Å². The van der Waals surface area contributed by atoms with E-state index < -0.39 is 4.92 Å². The summed E-state index contributed by atoms with van der Waals surface area (Å²) in [5, 5.41) is 14.3. The van der Waals surface area contributed by atoms with E-state index in [0.29, 0.717) is 6.04 Å². The van der Waals surface area contributed by atoms with Crippen LogP contribution in [0.5, 0.6) is 5.75 Å². The van der Waals surface area contributed by atoms with E-state index in [2.05, 4.69) is 5.32 Å². The van der Waals surface area contributed by atoms with E-state index in [1.165, 1.54) is 6.07 Å². The van der Waals surface area contributed by atoms with Crippen LogP contribution in [0.1, 0.15) is 25.7 Å². The Hall–Kier alpha value is -2.15. The predicted molar refractivity (Wildman–Crippen MR) is 84.4 cm³/mol. The number of hydrogen-bond donors (Lipinski definition) is 1. The number of hydrogen-bond acceptors (Lipinski definition) is 5. The van der Waals surface area contributed by atoms with Crippen molar-refractivity contribution in [1.29, 1.82) is 0 Å². The van der Waals surface area contributed by atoms with Gasteiger partial charge in [-0.1, -0.05) is 12.1 Å². The van der Waals surface area contributed by atoms with Crippen LogP contribution >= 0.6 is 0 Å². The van der Waals surface area contributed by atoms with Crippen LogP contribution in [0.4, 0.5) is 5.69 Å². The Kier molecular flexibility index (Phi) is 4.76. The van der Waals surface area contributed by atoms with Crippen molar-refractivity contribution in [2.75, 3.05) is 19.7 Å².